The Labute approximate surface area is 231 Å². The second-order valence-electron chi connectivity index (χ2n) is 9.21. The van der Waals surface area contributed by atoms with Crippen LogP contribution in [0, 0.1) is 11.6 Å². The van der Waals surface area contributed by atoms with Gasteiger partial charge in [0, 0.05) is 42.7 Å². The molecule has 1 fully saturated rings. The van der Waals surface area contributed by atoms with Crippen molar-refractivity contribution in [2.75, 3.05) is 32.1 Å². The number of anilines is 1. The van der Waals surface area contributed by atoms with Gasteiger partial charge in [-0.05, 0) is 30.7 Å². The van der Waals surface area contributed by atoms with Crippen LogP contribution >= 0.6 is 11.3 Å². The van der Waals surface area contributed by atoms with Gasteiger partial charge in [0.1, 0.15) is 17.2 Å². The summed E-state index contributed by atoms with van der Waals surface area (Å²) >= 11 is 0.268. The van der Waals surface area contributed by atoms with Crippen LogP contribution in [0.25, 0.3) is 32.2 Å². The molecule has 3 heterocycles. The van der Waals surface area contributed by atoms with Crippen LogP contribution in [0.1, 0.15) is 23.4 Å². The van der Waals surface area contributed by atoms with E-state index in [9.17, 15) is 31.1 Å². The number of thiazole rings is 1. The summed E-state index contributed by atoms with van der Waals surface area (Å²) in [4.78, 5) is 26.9. The number of alkyl halides is 5. The third-order valence-electron chi connectivity index (χ3n) is 6.88. The highest BCUT2D eigenvalue weighted by Crippen LogP contribution is 2.46. The van der Waals surface area contributed by atoms with Crippen molar-refractivity contribution in [1.82, 2.24) is 19.9 Å². The van der Waals surface area contributed by atoms with Gasteiger partial charge in [-0.25, -0.2) is 22.5 Å². The molecule has 15 heteroatoms. The Balaban J connectivity index is 1.77. The van der Waals surface area contributed by atoms with Crippen molar-refractivity contribution in [2.45, 2.75) is 25.1 Å². The molecule has 0 N–H and O–H groups in total. The first-order valence-corrected chi connectivity index (χ1v) is 12.8. The molecule has 1 saturated heterocycles. The molecule has 1 atom stereocenters. The third kappa shape index (κ3) is 4.91. The van der Waals surface area contributed by atoms with E-state index in [0.29, 0.717) is 19.0 Å². The number of nitrogens with zero attached hydrogens (tertiary/aromatic N) is 5. The fourth-order valence-corrected chi connectivity index (χ4v) is 5.74. The number of ether oxygens (including phenoxy) is 1. The van der Waals surface area contributed by atoms with Crippen molar-refractivity contribution in [1.29, 1.82) is 0 Å². The van der Waals surface area contributed by atoms with E-state index in [1.807, 2.05) is 0 Å². The van der Waals surface area contributed by atoms with Crippen LogP contribution in [0.4, 0.5) is 36.6 Å². The lowest BCUT2D eigenvalue weighted by molar-refractivity contribution is -0.137. The summed E-state index contributed by atoms with van der Waals surface area (Å²) in [6.07, 6.45) is -6.66. The monoisotopic (exact) mass is 599 g/mol. The van der Waals surface area contributed by atoms with Gasteiger partial charge in [0.25, 0.3) is 6.43 Å². The molecular formula is C26H20F7N5O2S. The molecule has 1 aliphatic rings. The van der Waals surface area contributed by atoms with E-state index in [4.69, 9.17) is 4.74 Å². The average Bonchev–Trinajstić information content (AvgIpc) is 3.61. The fraction of sp³-hybridized carbons (Fsp3) is 0.308. The van der Waals surface area contributed by atoms with Crippen molar-refractivity contribution in [3.05, 3.63) is 53.1 Å². The number of hydrogen-bond acceptors (Lipinski definition) is 7. The summed E-state index contributed by atoms with van der Waals surface area (Å²) in [6.45, 7) is 4.03. The smallest absolute Gasteiger partial charge is 0.417 e. The molecule has 4 aromatic rings. The van der Waals surface area contributed by atoms with Gasteiger partial charge in [0.05, 0.1) is 22.9 Å². The second-order valence-corrected chi connectivity index (χ2v) is 10.2. The molecule has 216 valence electrons. The highest BCUT2D eigenvalue weighted by atomic mass is 32.1. The summed E-state index contributed by atoms with van der Waals surface area (Å²) in [7, 11) is 2.73. The molecule has 41 heavy (non-hydrogen) atoms. The van der Waals surface area contributed by atoms with Crippen molar-refractivity contribution in [3.63, 3.8) is 0 Å². The van der Waals surface area contributed by atoms with Gasteiger partial charge in [0.2, 0.25) is 5.91 Å². The maximum atomic E-state index is 16.3. The minimum atomic E-state index is -5.14. The number of amides is 1. The zero-order valence-corrected chi connectivity index (χ0v) is 22.2. The first kappa shape index (κ1) is 28.5. The highest BCUT2D eigenvalue weighted by Gasteiger charge is 2.39. The largest absolute Gasteiger partial charge is 0.467 e. The number of halogens is 7. The Kier molecular flexibility index (Phi) is 7.26. The van der Waals surface area contributed by atoms with Crippen LogP contribution in [-0.4, -0.2) is 59.0 Å². The van der Waals surface area contributed by atoms with Gasteiger partial charge in [-0.1, -0.05) is 6.58 Å². The topological polar surface area (TPSA) is 71.5 Å². The Hall–Kier alpha value is -4.01. The number of carbonyl (C=O) groups excluding carboxylic acids is 1. The number of likely N-dealkylation sites (N-methyl/N-ethyl adjacent to an activating group) is 1. The maximum absolute atomic E-state index is 16.3. The molecule has 0 aliphatic carbocycles. The van der Waals surface area contributed by atoms with E-state index in [1.165, 1.54) is 24.0 Å². The molecule has 5 rings (SSSR count). The van der Waals surface area contributed by atoms with E-state index < -0.39 is 67.7 Å². The predicted molar refractivity (Wildman–Crippen MR) is 138 cm³/mol. The Morgan fingerprint density at radius 2 is 1.95 bits per heavy atom. The first-order chi connectivity index (χ1) is 19.3. The van der Waals surface area contributed by atoms with E-state index in [-0.39, 0.29) is 41.0 Å². The Morgan fingerprint density at radius 1 is 1.22 bits per heavy atom. The van der Waals surface area contributed by atoms with E-state index in [1.54, 1.807) is 0 Å². The van der Waals surface area contributed by atoms with E-state index in [0.717, 1.165) is 18.2 Å². The lowest BCUT2D eigenvalue weighted by atomic mass is 9.95. The summed E-state index contributed by atoms with van der Waals surface area (Å²) in [6, 6.07) is 1.56. The third-order valence-corrected chi connectivity index (χ3v) is 7.95. The number of fused-ring (bicyclic) bond motifs is 2. The Morgan fingerprint density at radius 3 is 2.59 bits per heavy atom. The summed E-state index contributed by atoms with van der Waals surface area (Å²) in [5.41, 5.74) is -4.09. The molecule has 7 nitrogen and oxygen atoms in total. The molecule has 1 unspecified atom stereocenters. The molecule has 2 aromatic carbocycles. The lowest BCUT2D eigenvalue weighted by Crippen LogP contribution is -2.36. The van der Waals surface area contributed by atoms with Crippen LogP contribution in [0.3, 0.4) is 0 Å². The molecular weight excluding hydrogens is 579 g/mol. The van der Waals surface area contributed by atoms with E-state index >= 15 is 4.39 Å². The van der Waals surface area contributed by atoms with Gasteiger partial charge in [-0.2, -0.15) is 23.1 Å². The quantitative estimate of drug-likeness (QED) is 0.190. The van der Waals surface area contributed by atoms with Gasteiger partial charge in [-0.3, -0.25) is 4.79 Å². The second kappa shape index (κ2) is 10.4. The molecule has 2 aromatic heterocycles. The number of benzene rings is 2. The number of likely N-dealkylation sites (tertiary alicyclic amines) is 1. The SMILES string of the molecule is C=CC(=O)N1CCC(N(C)c2nc(OC)nc3c(F)c(-c4ccc(F)c5sc(C(F)F)nc45)c(C(F)(F)F)cc23)C1. The number of methoxy groups -OCH3 is 1. The molecule has 0 bridgehead atoms. The van der Waals surface area contributed by atoms with Crippen molar-refractivity contribution in [3.8, 4) is 17.1 Å². The fourth-order valence-electron chi connectivity index (χ4n) is 4.89. The van der Waals surface area contributed by atoms with Crippen LogP contribution in [-0.2, 0) is 11.0 Å². The van der Waals surface area contributed by atoms with Crippen LogP contribution in [0.15, 0.2) is 30.9 Å². The summed E-state index contributed by atoms with van der Waals surface area (Å²) < 4.78 is 106. The molecule has 1 amide bonds. The van der Waals surface area contributed by atoms with Crippen molar-refractivity contribution < 1.29 is 40.3 Å². The molecule has 1 aliphatic heterocycles. The Bertz CT molecular complexity index is 1690. The number of carbonyl (C=O) groups is 1. The minimum absolute atomic E-state index is 0.0846. The number of hydrogen-bond donors (Lipinski definition) is 0. The summed E-state index contributed by atoms with van der Waals surface area (Å²) in [5.74, 6) is -2.83. The zero-order valence-electron chi connectivity index (χ0n) is 21.4. The van der Waals surface area contributed by atoms with Crippen LogP contribution in [0.2, 0.25) is 0 Å². The standard InChI is InChI=1S/C26H20F7N5O2S/c1-4-16(39)38-8-7-11(10-38)37(2)23-13-9-14(26(31,32)33)17(18(28)19(13)35-25(36-23)40-3)12-5-6-15(27)21-20(12)34-24(41-21)22(29)30/h4-6,9,11,22H,1,7-8,10H2,2-3H3. The van der Waals surface area contributed by atoms with Crippen LogP contribution < -0.4 is 9.64 Å². The first-order valence-electron chi connectivity index (χ1n) is 12.0. The number of aromatic nitrogens is 3. The minimum Gasteiger partial charge on any atom is -0.467 e. The molecule has 0 radical (unpaired) electrons. The van der Waals surface area contributed by atoms with Crippen molar-refractivity contribution >= 4 is 44.2 Å². The van der Waals surface area contributed by atoms with Gasteiger partial charge in [-0.15, -0.1) is 11.3 Å². The zero-order chi connectivity index (χ0) is 29.8. The molecule has 0 saturated carbocycles. The van der Waals surface area contributed by atoms with Gasteiger partial charge < -0.3 is 14.5 Å². The highest BCUT2D eigenvalue weighted by molar-refractivity contribution is 7.18. The predicted octanol–water partition coefficient (Wildman–Crippen LogP) is 6.37. The normalized spacial score (nSPS) is 15.8. The maximum Gasteiger partial charge on any atom is 0.417 e. The summed E-state index contributed by atoms with van der Waals surface area (Å²) in [5, 5.41) is -1.13. The van der Waals surface area contributed by atoms with E-state index in [2.05, 4.69) is 21.5 Å². The lowest BCUT2D eigenvalue weighted by Gasteiger charge is -2.27. The van der Waals surface area contributed by atoms with Crippen LogP contribution in [0.5, 0.6) is 6.01 Å². The average molecular weight is 600 g/mol. The molecule has 0 spiro atoms. The van der Waals surface area contributed by atoms with Crippen molar-refractivity contribution in [2.24, 2.45) is 0 Å². The van der Waals surface area contributed by atoms with Gasteiger partial charge >= 0.3 is 12.2 Å². The van der Waals surface area contributed by atoms with Gasteiger partial charge in [0.15, 0.2) is 10.8 Å². The number of rotatable bonds is 6.